The van der Waals surface area contributed by atoms with Gasteiger partial charge in [0.2, 0.25) is 5.91 Å². The molecule has 0 radical (unpaired) electrons. The van der Waals surface area contributed by atoms with Crippen LogP contribution in [0.25, 0.3) is 0 Å². The van der Waals surface area contributed by atoms with E-state index in [0.29, 0.717) is 19.5 Å². The Balaban J connectivity index is 1.40. The molecule has 8 nitrogen and oxygen atoms in total. The molecule has 3 rings (SSSR count). The van der Waals surface area contributed by atoms with Gasteiger partial charge in [-0.15, -0.1) is 10.2 Å². The average molecular weight is 275 g/mol. The molecule has 0 atom stereocenters. The lowest BCUT2D eigenvalue weighted by atomic mass is 10.3. The Morgan fingerprint density at radius 1 is 1.40 bits per heavy atom. The minimum atomic E-state index is 0.0154. The molecule has 0 saturated heterocycles. The van der Waals surface area contributed by atoms with Crippen LogP contribution in [0.15, 0.2) is 12.7 Å². The van der Waals surface area contributed by atoms with Crippen molar-refractivity contribution in [3.05, 3.63) is 24.3 Å². The number of carbonyl (C=O) groups excluding carboxylic acids is 1. The third-order valence-electron chi connectivity index (χ3n) is 3.39. The second-order valence-corrected chi connectivity index (χ2v) is 4.80. The van der Waals surface area contributed by atoms with Crippen LogP contribution in [0.5, 0.6) is 0 Å². The molecule has 1 aliphatic heterocycles. The van der Waals surface area contributed by atoms with Crippen LogP contribution >= 0.6 is 0 Å². The summed E-state index contributed by atoms with van der Waals surface area (Å²) in [7, 11) is 0. The Labute approximate surface area is 116 Å². The van der Waals surface area contributed by atoms with Gasteiger partial charge in [0.25, 0.3) is 0 Å². The fourth-order valence-electron chi connectivity index (χ4n) is 2.36. The summed E-state index contributed by atoms with van der Waals surface area (Å²) in [5.74, 6) is 2.05. The summed E-state index contributed by atoms with van der Waals surface area (Å²) >= 11 is 0. The van der Waals surface area contributed by atoms with Crippen molar-refractivity contribution >= 4 is 5.91 Å². The van der Waals surface area contributed by atoms with Gasteiger partial charge in [0.15, 0.2) is 0 Å². The maximum atomic E-state index is 11.7. The van der Waals surface area contributed by atoms with Crippen molar-refractivity contribution in [3.63, 3.8) is 0 Å². The maximum absolute atomic E-state index is 11.7. The van der Waals surface area contributed by atoms with Crippen LogP contribution in [0, 0.1) is 0 Å². The van der Waals surface area contributed by atoms with Gasteiger partial charge in [-0.3, -0.25) is 9.48 Å². The van der Waals surface area contributed by atoms with E-state index in [4.69, 9.17) is 0 Å². The van der Waals surface area contributed by atoms with Gasteiger partial charge in [0.05, 0.1) is 6.54 Å². The SMILES string of the molecule is O=C(CCn1cncn1)NCCc1nnc2n1CCC2. The molecule has 1 N–H and O–H groups in total. The minimum absolute atomic E-state index is 0.0154. The number of amides is 1. The summed E-state index contributed by atoms with van der Waals surface area (Å²) in [5, 5.41) is 15.2. The first-order valence-electron chi connectivity index (χ1n) is 6.83. The monoisotopic (exact) mass is 275 g/mol. The summed E-state index contributed by atoms with van der Waals surface area (Å²) in [6, 6.07) is 0. The zero-order chi connectivity index (χ0) is 13.8. The maximum Gasteiger partial charge on any atom is 0.221 e. The summed E-state index contributed by atoms with van der Waals surface area (Å²) in [6.07, 6.45) is 6.35. The highest BCUT2D eigenvalue weighted by Gasteiger charge is 2.16. The zero-order valence-corrected chi connectivity index (χ0v) is 11.2. The van der Waals surface area contributed by atoms with Crippen LogP contribution < -0.4 is 5.32 Å². The molecule has 0 bridgehead atoms. The number of nitrogens with zero attached hydrogens (tertiary/aromatic N) is 6. The molecule has 0 aromatic carbocycles. The highest BCUT2D eigenvalue weighted by atomic mass is 16.1. The van der Waals surface area contributed by atoms with Crippen LogP contribution in [0.2, 0.25) is 0 Å². The molecule has 0 fully saturated rings. The van der Waals surface area contributed by atoms with Gasteiger partial charge in [0, 0.05) is 32.4 Å². The van der Waals surface area contributed by atoms with Crippen molar-refractivity contribution in [3.8, 4) is 0 Å². The summed E-state index contributed by atoms with van der Waals surface area (Å²) in [4.78, 5) is 15.5. The first kappa shape index (κ1) is 12.8. The Bertz CT molecular complexity index is 575. The van der Waals surface area contributed by atoms with E-state index >= 15 is 0 Å². The van der Waals surface area contributed by atoms with Crippen LogP contribution in [-0.2, 0) is 30.7 Å². The second kappa shape index (κ2) is 5.81. The van der Waals surface area contributed by atoms with Crippen molar-refractivity contribution in [1.82, 2.24) is 34.8 Å². The third-order valence-corrected chi connectivity index (χ3v) is 3.39. The van der Waals surface area contributed by atoms with Crippen LogP contribution in [0.1, 0.15) is 24.5 Å². The topological polar surface area (TPSA) is 90.5 Å². The number of hydrogen-bond acceptors (Lipinski definition) is 5. The van der Waals surface area contributed by atoms with Crippen LogP contribution in [0.3, 0.4) is 0 Å². The lowest BCUT2D eigenvalue weighted by Crippen LogP contribution is -2.27. The summed E-state index contributed by atoms with van der Waals surface area (Å²) in [6.45, 7) is 2.14. The highest BCUT2D eigenvalue weighted by molar-refractivity contribution is 5.75. The molecule has 20 heavy (non-hydrogen) atoms. The lowest BCUT2D eigenvalue weighted by Gasteiger charge is -2.05. The van der Waals surface area contributed by atoms with Crippen molar-refractivity contribution in [2.45, 2.75) is 38.8 Å². The van der Waals surface area contributed by atoms with E-state index in [0.717, 1.165) is 37.5 Å². The van der Waals surface area contributed by atoms with Gasteiger partial charge in [-0.2, -0.15) is 5.10 Å². The Kier molecular flexibility index (Phi) is 3.71. The van der Waals surface area contributed by atoms with Crippen LogP contribution in [-0.4, -0.2) is 42.0 Å². The van der Waals surface area contributed by atoms with E-state index in [2.05, 4.69) is 30.2 Å². The molecular formula is C12H17N7O. The minimum Gasteiger partial charge on any atom is -0.356 e. The number of rotatable bonds is 6. The smallest absolute Gasteiger partial charge is 0.221 e. The molecule has 1 amide bonds. The van der Waals surface area contributed by atoms with Crippen LogP contribution in [0.4, 0.5) is 0 Å². The van der Waals surface area contributed by atoms with E-state index in [9.17, 15) is 4.79 Å². The predicted octanol–water partition coefficient (Wildman–Crippen LogP) is -0.435. The number of carbonyl (C=O) groups is 1. The Morgan fingerprint density at radius 3 is 3.20 bits per heavy atom. The molecule has 2 aromatic heterocycles. The molecule has 106 valence electrons. The molecule has 1 aliphatic rings. The van der Waals surface area contributed by atoms with Gasteiger partial charge in [-0.1, -0.05) is 0 Å². The number of nitrogens with one attached hydrogen (secondary N) is 1. The number of aryl methyl sites for hydroxylation is 2. The lowest BCUT2D eigenvalue weighted by molar-refractivity contribution is -0.121. The van der Waals surface area contributed by atoms with E-state index in [1.54, 1.807) is 11.0 Å². The van der Waals surface area contributed by atoms with Gasteiger partial charge in [0.1, 0.15) is 24.3 Å². The Hall–Kier alpha value is -2.25. The largest absolute Gasteiger partial charge is 0.356 e. The molecule has 0 spiro atoms. The fourth-order valence-corrected chi connectivity index (χ4v) is 2.36. The second-order valence-electron chi connectivity index (χ2n) is 4.80. The standard InChI is InChI=1S/C12H17N7O/c20-12(4-7-18-9-13-8-15-18)14-5-3-11-17-16-10-2-1-6-19(10)11/h8-9H,1-7H2,(H,14,20). The quantitative estimate of drug-likeness (QED) is 0.772. The third kappa shape index (κ3) is 2.84. The highest BCUT2D eigenvalue weighted by Crippen LogP contribution is 2.13. The van der Waals surface area contributed by atoms with Crippen molar-refractivity contribution in [2.75, 3.05) is 6.54 Å². The van der Waals surface area contributed by atoms with Gasteiger partial charge in [-0.05, 0) is 6.42 Å². The van der Waals surface area contributed by atoms with Crippen molar-refractivity contribution in [2.24, 2.45) is 0 Å². The number of hydrogen-bond donors (Lipinski definition) is 1. The van der Waals surface area contributed by atoms with Gasteiger partial charge >= 0.3 is 0 Å². The van der Waals surface area contributed by atoms with Gasteiger partial charge < -0.3 is 9.88 Å². The summed E-state index contributed by atoms with van der Waals surface area (Å²) in [5.41, 5.74) is 0. The molecule has 8 heteroatoms. The first-order valence-corrected chi connectivity index (χ1v) is 6.83. The van der Waals surface area contributed by atoms with Crippen molar-refractivity contribution in [1.29, 1.82) is 0 Å². The molecular weight excluding hydrogens is 258 g/mol. The predicted molar refractivity (Wildman–Crippen MR) is 69.7 cm³/mol. The molecule has 0 saturated carbocycles. The number of aromatic nitrogens is 6. The normalized spacial score (nSPS) is 13.4. The first-order chi connectivity index (χ1) is 9.83. The zero-order valence-electron chi connectivity index (χ0n) is 11.2. The molecule has 2 aromatic rings. The van der Waals surface area contributed by atoms with E-state index < -0.39 is 0 Å². The number of fused-ring (bicyclic) bond motifs is 1. The average Bonchev–Trinajstić information content (AvgIpc) is 3.15. The Morgan fingerprint density at radius 2 is 2.35 bits per heavy atom. The fraction of sp³-hybridized carbons (Fsp3) is 0.583. The van der Waals surface area contributed by atoms with E-state index in [1.165, 1.54) is 6.33 Å². The van der Waals surface area contributed by atoms with Crippen molar-refractivity contribution < 1.29 is 4.79 Å². The molecule has 0 aliphatic carbocycles. The molecule has 0 unspecified atom stereocenters. The summed E-state index contributed by atoms with van der Waals surface area (Å²) < 4.78 is 3.80. The van der Waals surface area contributed by atoms with Gasteiger partial charge in [-0.25, -0.2) is 4.98 Å². The van der Waals surface area contributed by atoms with E-state index in [1.807, 2.05) is 0 Å². The van der Waals surface area contributed by atoms with E-state index in [-0.39, 0.29) is 5.91 Å². The molecule has 3 heterocycles.